The fourth-order valence-electron chi connectivity index (χ4n) is 1.50. The lowest BCUT2D eigenvalue weighted by Gasteiger charge is -1.97. The van der Waals surface area contributed by atoms with Crippen LogP contribution in [0.1, 0.15) is 44.3 Å². The molecule has 1 aliphatic rings. The van der Waals surface area contributed by atoms with Crippen LogP contribution in [-0.4, -0.2) is 16.7 Å². The predicted molar refractivity (Wildman–Crippen MR) is 57.3 cm³/mol. The van der Waals surface area contributed by atoms with E-state index in [1.165, 1.54) is 19.3 Å². The third-order valence-corrected chi connectivity index (χ3v) is 2.67. The van der Waals surface area contributed by atoms with Gasteiger partial charge in [-0.15, -0.1) is 0 Å². The Morgan fingerprint density at radius 3 is 3.07 bits per heavy atom. The van der Waals surface area contributed by atoms with E-state index in [0.717, 1.165) is 43.6 Å². The summed E-state index contributed by atoms with van der Waals surface area (Å²) in [7, 11) is 0. The van der Waals surface area contributed by atoms with Gasteiger partial charge in [0.1, 0.15) is 0 Å². The van der Waals surface area contributed by atoms with E-state index in [0.29, 0.717) is 0 Å². The molecule has 0 radical (unpaired) electrons. The maximum atomic E-state index is 5.14. The van der Waals surface area contributed by atoms with Crippen molar-refractivity contribution >= 4 is 0 Å². The monoisotopic (exact) mass is 209 g/mol. The van der Waals surface area contributed by atoms with E-state index in [4.69, 9.17) is 4.52 Å². The van der Waals surface area contributed by atoms with Gasteiger partial charge in [-0.3, -0.25) is 0 Å². The lowest BCUT2D eigenvalue weighted by atomic mass is 10.2. The molecule has 0 spiro atoms. The summed E-state index contributed by atoms with van der Waals surface area (Å²) in [4.78, 5) is 4.32. The summed E-state index contributed by atoms with van der Waals surface area (Å²) in [6, 6.07) is 0. The standard InChI is InChI=1S/C11H19N3O/c1-2-3-4-10-13-11(15-14-10)8-12-7-9-5-6-9/h9,12H,2-8H2,1H3. The minimum absolute atomic E-state index is 0.718. The van der Waals surface area contributed by atoms with Crippen molar-refractivity contribution in [3.8, 4) is 0 Å². The Kier molecular flexibility index (Phi) is 3.72. The van der Waals surface area contributed by atoms with Crippen molar-refractivity contribution in [1.82, 2.24) is 15.5 Å². The van der Waals surface area contributed by atoms with Gasteiger partial charge in [0.25, 0.3) is 0 Å². The molecule has 4 nitrogen and oxygen atoms in total. The topological polar surface area (TPSA) is 51.0 Å². The van der Waals surface area contributed by atoms with Gasteiger partial charge < -0.3 is 9.84 Å². The Bertz CT molecular complexity index is 294. The Balaban J connectivity index is 1.68. The molecule has 0 aromatic carbocycles. The molecule has 0 bridgehead atoms. The van der Waals surface area contributed by atoms with Gasteiger partial charge in [0, 0.05) is 6.42 Å². The van der Waals surface area contributed by atoms with Crippen LogP contribution < -0.4 is 5.32 Å². The molecule has 1 aromatic heterocycles. The van der Waals surface area contributed by atoms with E-state index in [1.54, 1.807) is 0 Å². The van der Waals surface area contributed by atoms with E-state index in [2.05, 4.69) is 22.4 Å². The molecule has 2 rings (SSSR count). The summed E-state index contributed by atoms with van der Waals surface area (Å²) in [6.45, 7) is 3.97. The number of aromatic nitrogens is 2. The van der Waals surface area contributed by atoms with Crippen LogP contribution in [-0.2, 0) is 13.0 Å². The van der Waals surface area contributed by atoms with Gasteiger partial charge in [-0.05, 0) is 31.7 Å². The van der Waals surface area contributed by atoms with Crippen molar-refractivity contribution in [1.29, 1.82) is 0 Å². The summed E-state index contributed by atoms with van der Waals surface area (Å²) < 4.78 is 5.14. The van der Waals surface area contributed by atoms with Gasteiger partial charge in [-0.2, -0.15) is 4.98 Å². The first-order valence-electron chi connectivity index (χ1n) is 5.90. The summed E-state index contributed by atoms with van der Waals surface area (Å²) in [6.07, 6.45) is 5.98. The second kappa shape index (κ2) is 5.26. The van der Waals surface area contributed by atoms with Gasteiger partial charge >= 0.3 is 0 Å². The van der Waals surface area contributed by atoms with Gasteiger partial charge in [-0.25, -0.2) is 0 Å². The summed E-state index contributed by atoms with van der Waals surface area (Å²) in [5.74, 6) is 2.47. The van der Waals surface area contributed by atoms with Crippen molar-refractivity contribution in [3.05, 3.63) is 11.7 Å². The first-order chi connectivity index (χ1) is 7.38. The maximum Gasteiger partial charge on any atom is 0.240 e. The molecule has 1 saturated carbocycles. The number of hydrogen-bond donors (Lipinski definition) is 1. The molecule has 15 heavy (non-hydrogen) atoms. The van der Waals surface area contributed by atoms with Crippen LogP contribution in [0.2, 0.25) is 0 Å². The van der Waals surface area contributed by atoms with E-state index in [-0.39, 0.29) is 0 Å². The van der Waals surface area contributed by atoms with Gasteiger partial charge in [-0.1, -0.05) is 18.5 Å². The van der Waals surface area contributed by atoms with Crippen LogP contribution in [0.3, 0.4) is 0 Å². The molecular formula is C11H19N3O. The summed E-state index contributed by atoms with van der Waals surface area (Å²) in [5, 5.41) is 7.28. The molecule has 84 valence electrons. The van der Waals surface area contributed by atoms with Crippen molar-refractivity contribution < 1.29 is 4.52 Å². The highest BCUT2D eigenvalue weighted by Gasteiger charge is 2.20. The lowest BCUT2D eigenvalue weighted by Crippen LogP contribution is -2.16. The normalized spacial score (nSPS) is 15.8. The fourth-order valence-corrected chi connectivity index (χ4v) is 1.50. The van der Waals surface area contributed by atoms with Crippen LogP contribution >= 0.6 is 0 Å². The number of unbranched alkanes of at least 4 members (excludes halogenated alkanes) is 1. The SMILES string of the molecule is CCCCc1noc(CNCC2CC2)n1. The molecule has 1 aliphatic carbocycles. The molecule has 0 amide bonds. The summed E-state index contributed by atoms with van der Waals surface area (Å²) in [5.41, 5.74) is 0. The molecule has 4 heteroatoms. The third kappa shape index (κ3) is 3.63. The van der Waals surface area contributed by atoms with Crippen LogP contribution in [0.25, 0.3) is 0 Å². The first kappa shape index (κ1) is 10.6. The van der Waals surface area contributed by atoms with Gasteiger partial charge in [0.05, 0.1) is 6.54 Å². The predicted octanol–water partition coefficient (Wildman–Crippen LogP) is 1.91. The smallest absolute Gasteiger partial charge is 0.240 e. The van der Waals surface area contributed by atoms with Crippen molar-refractivity contribution in [3.63, 3.8) is 0 Å². The third-order valence-electron chi connectivity index (χ3n) is 2.67. The zero-order valence-electron chi connectivity index (χ0n) is 9.33. The molecular weight excluding hydrogens is 190 g/mol. The van der Waals surface area contributed by atoms with E-state index in [9.17, 15) is 0 Å². The summed E-state index contributed by atoms with van der Waals surface area (Å²) >= 11 is 0. The number of hydrogen-bond acceptors (Lipinski definition) is 4. The zero-order chi connectivity index (χ0) is 10.5. The maximum absolute atomic E-state index is 5.14. The van der Waals surface area contributed by atoms with Crippen LogP contribution in [0, 0.1) is 5.92 Å². The average Bonchev–Trinajstić information content (AvgIpc) is 2.95. The Hall–Kier alpha value is -0.900. The lowest BCUT2D eigenvalue weighted by molar-refractivity contribution is 0.361. The Labute approximate surface area is 90.4 Å². The molecule has 0 saturated heterocycles. The quantitative estimate of drug-likeness (QED) is 0.745. The number of nitrogens with one attached hydrogen (secondary N) is 1. The molecule has 1 aromatic rings. The van der Waals surface area contributed by atoms with Crippen LogP contribution in [0.15, 0.2) is 4.52 Å². The second-order valence-electron chi connectivity index (χ2n) is 4.28. The molecule has 0 atom stereocenters. The largest absolute Gasteiger partial charge is 0.338 e. The Morgan fingerprint density at radius 2 is 2.33 bits per heavy atom. The zero-order valence-corrected chi connectivity index (χ0v) is 9.33. The molecule has 1 fully saturated rings. The van der Waals surface area contributed by atoms with Gasteiger partial charge in [0.2, 0.25) is 5.89 Å². The molecule has 0 aliphatic heterocycles. The molecule has 1 heterocycles. The number of aryl methyl sites for hydroxylation is 1. The van der Waals surface area contributed by atoms with Crippen LogP contribution in [0.4, 0.5) is 0 Å². The number of nitrogens with zero attached hydrogens (tertiary/aromatic N) is 2. The highest BCUT2D eigenvalue weighted by Crippen LogP contribution is 2.27. The molecule has 1 N–H and O–H groups in total. The minimum atomic E-state index is 0.718. The minimum Gasteiger partial charge on any atom is -0.338 e. The Morgan fingerprint density at radius 1 is 1.47 bits per heavy atom. The first-order valence-corrected chi connectivity index (χ1v) is 5.90. The second-order valence-corrected chi connectivity index (χ2v) is 4.28. The van der Waals surface area contributed by atoms with Crippen LogP contribution in [0.5, 0.6) is 0 Å². The average molecular weight is 209 g/mol. The van der Waals surface area contributed by atoms with E-state index in [1.807, 2.05) is 0 Å². The van der Waals surface area contributed by atoms with Crippen molar-refractivity contribution in [2.24, 2.45) is 5.92 Å². The highest BCUT2D eigenvalue weighted by atomic mass is 16.5. The molecule has 0 unspecified atom stereocenters. The van der Waals surface area contributed by atoms with E-state index >= 15 is 0 Å². The van der Waals surface area contributed by atoms with Gasteiger partial charge in [0.15, 0.2) is 5.82 Å². The van der Waals surface area contributed by atoms with E-state index < -0.39 is 0 Å². The van der Waals surface area contributed by atoms with Crippen molar-refractivity contribution in [2.75, 3.05) is 6.54 Å². The highest BCUT2D eigenvalue weighted by molar-refractivity contribution is 4.86. The fraction of sp³-hybridized carbons (Fsp3) is 0.818. The number of rotatable bonds is 7. The van der Waals surface area contributed by atoms with Crippen molar-refractivity contribution in [2.45, 2.75) is 45.6 Å².